The first-order chi connectivity index (χ1) is 6.33. The van der Waals surface area contributed by atoms with Crippen LogP contribution in [0.1, 0.15) is 12.6 Å². The summed E-state index contributed by atoms with van der Waals surface area (Å²) < 4.78 is 1.64. The van der Waals surface area contributed by atoms with E-state index in [1.807, 2.05) is 19.2 Å². The van der Waals surface area contributed by atoms with E-state index in [0.717, 1.165) is 12.1 Å². The van der Waals surface area contributed by atoms with Crippen molar-refractivity contribution in [2.45, 2.75) is 13.3 Å². The first-order valence-corrected chi connectivity index (χ1v) is 4.15. The molecular weight excluding hydrogens is 166 g/mol. The normalized spacial score (nSPS) is 10.5. The fraction of sp³-hybridized carbons (Fsp3) is 0.250. The minimum Gasteiger partial charge on any atom is -0.394 e. The van der Waals surface area contributed by atoms with Crippen molar-refractivity contribution < 1.29 is 0 Å². The van der Waals surface area contributed by atoms with Crippen molar-refractivity contribution in [1.82, 2.24) is 20.0 Å². The highest BCUT2D eigenvalue weighted by molar-refractivity contribution is 5.56. The van der Waals surface area contributed by atoms with Crippen molar-refractivity contribution in [3.63, 3.8) is 0 Å². The number of aryl methyl sites for hydroxylation is 1. The summed E-state index contributed by atoms with van der Waals surface area (Å²) in [5.41, 5.74) is 7.47. The van der Waals surface area contributed by atoms with Gasteiger partial charge < -0.3 is 5.73 Å². The number of nitrogens with zero attached hydrogens (tertiary/aromatic N) is 3. The van der Waals surface area contributed by atoms with Gasteiger partial charge in [0.25, 0.3) is 0 Å². The number of nitrogens with one attached hydrogen (secondary N) is 1. The molecule has 68 valence electrons. The zero-order valence-electron chi connectivity index (χ0n) is 7.36. The van der Waals surface area contributed by atoms with Gasteiger partial charge in [-0.2, -0.15) is 10.2 Å². The lowest BCUT2D eigenvalue weighted by atomic mass is 10.3. The quantitative estimate of drug-likeness (QED) is 0.710. The summed E-state index contributed by atoms with van der Waals surface area (Å²) in [4.78, 5) is 0. The molecule has 3 N–H and O–H groups in total. The van der Waals surface area contributed by atoms with Crippen LogP contribution in [0.25, 0.3) is 5.82 Å². The monoisotopic (exact) mass is 177 g/mol. The maximum atomic E-state index is 5.85. The van der Waals surface area contributed by atoms with Gasteiger partial charge in [-0.05, 0) is 12.5 Å². The molecule has 0 bridgehead atoms. The molecule has 5 heteroatoms. The van der Waals surface area contributed by atoms with Crippen LogP contribution in [0.4, 0.5) is 5.69 Å². The van der Waals surface area contributed by atoms with Gasteiger partial charge >= 0.3 is 0 Å². The Bertz CT molecular complexity index is 387. The third-order valence-electron chi connectivity index (χ3n) is 1.94. The maximum absolute atomic E-state index is 5.85. The zero-order valence-corrected chi connectivity index (χ0v) is 7.36. The Morgan fingerprint density at radius 1 is 1.62 bits per heavy atom. The van der Waals surface area contributed by atoms with Gasteiger partial charge in [0.1, 0.15) is 0 Å². The van der Waals surface area contributed by atoms with Crippen molar-refractivity contribution in [2.24, 2.45) is 0 Å². The Balaban J connectivity index is 2.48. The fourth-order valence-corrected chi connectivity index (χ4v) is 1.21. The molecule has 0 aliphatic heterocycles. The average Bonchev–Trinajstić information content (AvgIpc) is 2.72. The number of H-pyrrole nitrogens is 1. The van der Waals surface area contributed by atoms with E-state index in [-0.39, 0.29) is 0 Å². The van der Waals surface area contributed by atoms with Gasteiger partial charge in [0.2, 0.25) is 0 Å². The second-order valence-corrected chi connectivity index (χ2v) is 2.74. The summed E-state index contributed by atoms with van der Waals surface area (Å²) in [6.07, 6.45) is 4.35. The first-order valence-electron chi connectivity index (χ1n) is 4.15. The molecule has 0 saturated carbocycles. The predicted molar refractivity (Wildman–Crippen MR) is 49.5 cm³/mol. The third-order valence-corrected chi connectivity index (χ3v) is 1.94. The van der Waals surface area contributed by atoms with Crippen LogP contribution in [0.15, 0.2) is 18.5 Å². The van der Waals surface area contributed by atoms with Crippen molar-refractivity contribution >= 4 is 5.69 Å². The van der Waals surface area contributed by atoms with E-state index in [9.17, 15) is 0 Å². The van der Waals surface area contributed by atoms with Crippen molar-refractivity contribution in [3.8, 4) is 5.82 Å². The van der Waals surface area contributed by atoms with Gasteiger partial charge in [-0.3, -0.25) is 5.10 Å². The highest BCUT2D eigenvalue weighted by Gasteiger charge is 2.09. The van der Waals surface area contributed by atoms with E-state index in [0.29, 0.717) is 11.5 Å². The number of aromatic amines is 1. The highest BCUT2D eigenvalue weighted by atomic mass is 15.3. The summed E-state index contributed by atoms with van der Waals surface area (Å²) in [5.74, 6) is 0.668. The Kier molecular flexibility index (Phi) is 1.77. The number of rotatable bonds is 2. The van der Waals surface area contributed by atoms with E-state index in [2.05, 4.69) is 15.3 Å². The molecule has 2 aromatic heterocycles. The van der Waals surface area contributed by atoms with Crippen LogP contribution < -0.4 is 5.73 Å². The topological polar surface area (TPSA) is 72.5 Å². The van der Waals surface area contributed by atoms with Gasteiger partial charge in [-0.15, -0.1) is 0 Å². The lowest BCUT2D eigenvalue weighted by Crippen LogP contribution is -1.99. The van der Waals surface area contributed by atoms with E-state index >= 15 is 0 Å². The van der Waals surface area contributed by atoms with Crippen LogP contribution in [0.2, 0.25) is 0 Å². The van der Waals surface area contributed by atoms with Gasteiger partial charge in [-0.25, -0.2) is 4.68 Å². The Morgan fingerprint density at radius 2 is 2.46 bits per heavy atom. The van der Waals surface area contributed by atoms with Gasteiger partial charge in [0, 0.05) is 12.4 Å². The summed E-state index contributed by atoms with van der Waals surface area (Å²) in [7, 11) is 0. The molecule has 0 unspecified atom stereocenters. The minimum atomic E-state index is 0.668. The molecule has 0 saturated heterocycles. The lowest BCUT2D eigenvalue weighted by molar-refractivity contribution is 0.834. The molecule has 0 amide bonds. The average molecular weight is 177 g/mol. The van der Waals surface area contributed by atoms with Crippen molar-refractivity contribution in [1.29, 1.82) is 0 Å². The number of anilines is 1. The van der Waals surface area contributed by atoms with E-state index < -0.39 is 0 Å². The van der Waals surface area contributed by atoms with Crippen molar-refractivity contribution in [2.75, 3.05) is 5.73 Å². The summed E-state index contributed by atoms with van der Waals surface area (Å²) >= 11 is 0. The lowest BCUT2D eigenvalue weighted by Gasteiger charge is -1.96. The molecule has 0 spiro atoms. The fourth-order valence-electron chi connectivity index (χ4n) is 1.21. The predicted octanol–water partition coefficient (Wildman–Crippen LogP) is 0.740. The molecule has 0 radical (unpaired) electrons. The molecule has 2 heterocycles. The second kappa shape index (κ2) is 2.93. The van der Waals surface area contributed by atoms with Gasteiger partial charge in [0.15, 0.2) is 5.82 Å². The van der Waals surface area contributed by atoms with Crippen LogP contribution in [0.5, 0.6) is 0 Å². The molecule has 5 nitrogen and oxygen atoms in total. The van der Waals surface area contributed by atoms with Crippen LogP contribution in [-0.4, -0.2) is 20.0 Å². The summed E-state index contributed by atoms with van der Waals surface area (Å²) in [5, 5.41) is 11.0. The smallest absolute Gasteiger partial charge is 0.198 e. The molecule has 0 aromatic carbocycles. The van der Waals surface area contributed by atoms with Crippen LogP contribution in [0, 0.1) is 0 Å². The van der Waals surface area contributed by atoms with Crippen LogP contribution in [-0.2, 0) is 6.42 Å². The molecular formula is C8H11N5. The van der Waals surface area contributed by atoms with Gasteiger partial charge in [-0.1, -0.05) is 6.92 Å². The molecule has 13 heavy (non-hydrogen) atoms. The number of nitrogens with two attached hydrogens (primary N) is 1. The molecule has 0 fully saturated rings. The zero-order chi connectivity index (χ0) is 9.26. The van der Waals surface area contributed by atoms with Crippen molar-refractivity contribution in [3.05, 3.63) is 24.2 Å². The van der Waals surface area contributed by atoms with E-state index in [4.69, 9.17) is 5.73 Å². The Morgan fingerprint density at radius 3 is 3.00 bits per heavy atom. The first kappa shape index (κ1) is 7.85. The number of nitrogen functional groups attached to an aromatic ring is 1. The standard InChI is InChI=1S/C8H11N5/c1-2-6-7(9)8(12-11-6)13-5-3-4-10-13/h3-5H,2,9H2,1H3,(H,11,12). The van der Waals surface area contributed by atoms with Gasteiger partial charge in [0.05, 0.1) is 11.4 Å². The van der Waals surface area contributed by atoms with Crippen LogP contribution >= 0.6 is 0 Å². The minimum absolute atomic E-state index is 0.668. The Labute approximate surface area is 75.6 Å². The van der Waals surface area contributed by atoms with E-state index in [1.165, 1.54) is 0 Å². The molecule has 0 aliphatic rings. The number of hydrogen-bond acceptors (Lipinski definition) is 3. The molecule has 2 aromatic rings. The maximum Gasteiger partial charge on any atom is 0.198 e. The molecule has 0 atom stereocenters. The SMILES string of the molecule is CCc1[nH]nc(-n2cccn2)c1N. The molecule has 0 aliphatic carbocycles. The summed E-state index contributed by atoms with van der Waals surface area (Å²) in [6, 6.07) is 1.83. The van der Waals surface area contributed by atoms with Crippen LogP contribution in [0.3, 0.4) is 0 Å². The highest BCUT2D eigenvalue weighted by Crippen LogP contribution is 2.17. The summed E-state index contributed by atoms with van der Waals surface area (Å²) in [6.45, 7) is 2.02. The Hall–Kier alpha value is -1.78. The number of aromatic nitrogens is 4. The second-order valence-electron chi connectivity index (χ2n) is 2.74. The largest absolute Gasteiger partial charge is 0.394 e. The molecule has 2 rings (SSSR count). The van der Waals surface area contributed by atoms with E-state index in [1.54, 1.807) is 10.9 Å². The number of hydrogen-bond donors (Lipinski definition) is 2. The third kappa shape index (κ3) is 1.18.